The number of ether oxygens (including phenoxy) is 1. The number of hydrogen-bond acceptors (Lipinski definition) is 8. The van der Waals surface area contributed by atoms with Crippen LogP contribution in [0.2, 0.25) is 0 Å². The van der Waals surface area contributed by atoms with Crippen LogP contribution >= 0.6 is 0 Å². The number of rotatable bonds is 8. The summed E-state index contributed by atoms with van der Waals surface area (Å²) < 4.78 is 92.0. The zero-order valence-electron chi connectivity index (χ0n) is 25.6. The van der Waals surface area contributed by atoms with E-state index in [4.69, 9.17) is 10.5 Å². The molecule has 0 spiro atoms. The molecule has 5 rings (SSSR count). The van der Waals surface area contributed by atoms with Gasteiger partial charge in [-0.05, 0) is 23.6 Å². The van der Waals surface area contributed by atoms with Crippen LogP contribution in [0.25, 0.3) is 16.8 Å². The summed E-state index contributed by atoms with van der Waals surface area (Å²) >= 11 is 0. The van der Waals surface area contributed by atoms with E-state index in [9.17, 15) is 36.6 Å². The van der Waals surface area contributed by atoms with E-state index in [-0.39, 0.29) is 55.3 Å². The minimum absolute atomic E-state index is 0.108. The van der Waals surface area contributed by atoms with Crippen molar-refractivity contribution in [2.75, 3.05) is 32.5 Å². The number of pyridine rings is 1. The lowest BCUT2D eigenvalue weighted by molar-refractivity contribution is -0.201. The number of carbonyl (C=O) groups excluding carboxylic acids is 1. The van der Waals surface area contributed by atoms with Crippen molar-refractivity contribution in [3.05, 3.63) is 35.8 Å². The van der Waals surface area contributed by atoms with E-state index in [2.05, 4.69) is 20.4 Å². The number of nitrogens with one attached hydrogen (secondary N) is 1. The summed E-state index contributed by atoms with van der Waals surface area (Å²) in [5.74, 6) is -7.33. The molecule has 0 bridgehead atoms. The Morgan fingerprint density at radius 1 is 1.19 bits per heavy atom. The summed E-state index contributed by atoms with van der Waals surface area (Å²) in [6.45, 7) is 2.15. The lowest BCUT2D eigenvalue weighted by Crippen LogP contribution is -2.56. The Labute approximate surface area is 264 Å². The van der Waals surface area contributed by atoms with Crippen molar-refractivity contribution in [3.63, 3.8) is 0 Å². The Bertz CT molecular complexity index is 1640. The Balaban J connectivity index is 1.50. The molecule has 3 aromatic rings. The van der Waals surface area contributed by atoms with Gasteiger partial charge in [0.05, 0.1) is 37.4 Å². The number of carboxylic acid groups (broad SMARTS) is 1. The average molecular weight is 673 g/mol. The van der Waals surface area contributed by atoms with Gasteiger partial charge in [-0.25, -0.2) is 32.4 Å². The second-order valence-corrected chi connectivity index (χ2v) is 12.1. The first kappa shape index (κ1) is 34.0. The zero-order valence-corrected chi connectivity index (χ0v) is 25.6. The standard InChI is InChI=1S/C29H34F6N8O4/c1-14(2)20(29(33,34)35)23-21(18(30)12-42(23)27(45)46)40-25(44)17-8-15(10-37-26(17)47-3)19-9-16(22-24(36)38-13-39-43(19)22)11-41-6-4-28(31,32)5-7-41/h8-10,13-14,18,20-21,23H,4-7,11-12H2,1-3H3,(H,40,44)(H,45,46)(H2,36,38,39)/t18-,20?,21-,23?/m0/s1. The van der Waals surface area contributed by atoms with Crippen LogP contribution in [0.3, 0.4) is 0 Å². The number of nitrogens with two attached hydrogens (primary N) is 1. The van der Waals surface area contributed by atoms with Crippen molar-refractivity contribution in [2.24, 2.45) is 11.8 Å². The smallest absolute Gasteiger partial charge is 0.407 e. The number of hydrogen-bond donors (Lipinski definition) is 3. The number of amides is 2. The first-order valence-corrected chi connectivity index (χ1v) is 14.8. The maximum absolute atomic E-state index is 15.3. The van der Waals surface area contributed by atoms with Gasteiger partial charge in [0.15, 0.2) is 5.82 Å². The van der Waals surface area contributed by atoms with Crippen LogP contribution in [0.4, 0.5) is 37.0 Å². The van der Waals surface area contributed by atoms with Crippen molar-refractivity contribution in [1.82, 2.24) is 34.7 Å². The number of anilines is 1. The number of piperidine rings is 1. The minimum atomic E-state index is -4.90. The van der Waals surface area contributed by atoms with Crippen LogP contribution in [0.5, 0.6) is 5.88 Å². The van der Waals surface area contributed by atoms with Gasteiger partial charge in [0, 0.05) is 44.2 Å². The first-order valence-electron chi connectivity index (χ1n) is 14.8. The molecule has 2 fully saturated rings. The molecule has 2 saturated heterocycles. The second-order valence-electron chi connectivity index (χ2n) is 12.1. The molecule has 2 amide bonds. The van der Waals surface area contributed by atoms with Gasteiger partial charge >= 0.3 is 12.3 Å². The monoisotopic (exact) mass is 672 g/mol. The van der Waals surface area contributed by atoms with Gasteiger partial charge in [0.2, 0.25) is 5.88 Å². The predicted octanol–water partition coefficient (Wildman–Crippen LogP) is 4.25. The van der Waals surface area contributed by atoms with E-state index in [0.717, 1.165) is 0 Å². The highest BCUT2D eigenvalue weighted by atomic mass is 19.4. The molecule has 4 atom stereocenters. The number of alkyl halides is 6. The van der Waals surface area contributed by atoms with Crippen LogP contribution in [-0.4, -0.2) is 104 Å². The summed E-state index contributed by atoms with van der Waals surface area (Å²) in [7, 11) is 1.21. The van der Waals surface area contributed by atoms with Crippen LogP contribution in [0.1, 0.15) is 42.6 Å². The van der Waals surface area contributed by atoms with Gasteiger partial charge in [-0.3, -0.25) is 14.6 Å². The van der Waals surface area contributed by atoms with Gasteiger partial charge in [-0.15, -0.1) is 0 Å². The highest BCUT2D eigenvalue weighted by molar-refractivity contribution is 5.98. The molecule has 2 aliphatic heterocycles. The Morgan fingerprint density at radius 2 is 1.87 bits per heavy atom. The molecule has 12 nitrogen and oxygen atoms in total. The number of aromatic nitrogens is 4. The summed E-state index contributed by atoms with van der Waals surface area (Å²) in [4.78, 5) is 36.0. The van der Waals surface area contributed by atoms with Crippen molar-refractivity contribution >= 4 is 23.3 Å². The molecular formula is C29H34F6N8O4. The fourth-order valence-electron chi connectivity index (χ4n) is 6.49. The molecule has 18 heteroatoms. The summed E-state index contributed by atoms with van der Waals surface area (Å²) in [5.41, 5.74) is 7.56. The number of nitrogen functional groups attached to an aromatic ring is 1. The Hall–Kier alpha value is -4.35. The van der Waals surface area contributed by atoms with Gasteiger partial charge < -0.3 is 20.9 Å². The quantitative estimate of drug-likeness (QED) is 0.299. The molecule has 0 saturated carbocycles. The molecule has 256 valence electrons. The fourth-order valence-corrected chi connectivity index (χ4v) is 6.49. The Morgan fingerprint density at radius 3 is 2.47 bits per heavy atom. The van der Waals surface area contributed by atoms with Crippen molar-refractivity contribution in [3.8, 4) is 17.1 Å². The van der Waals surface area contributed by atoms with E-state index in [1.807, 2.05) is 4.90 Å². The number of carbonyl (C=O) groups is 2. The topological polar surface area (TPSA) is 151 Å². The number of fused-ring (bicyclic) bond motifs is 1. The van der Waals surface area contributed by atoms with Gasteiger partial charge in [0.1, 0.15) is 23.6 Å². The second kappa shape index (κ2) is 12.7. The Kier molecular flexibility index (Phi) is 9.18. The predicted molar refractivity (Wildman–Crippen MR) is 156 cm³/mol. The number of likely N-dealkylation sites (tertiary alicyclic amines) is 2. The molecule has 3 aromatic heterocycles. The fraction of sp³-hybridized carbons (Fsp3) is 0.552. The van der Waals surface area contributed by atoms with Crippen LogP contribution in [0, 0.1) is 11.8 Å². The van der Waals surface area contributed by atoms with Gasteiger partial charge in [-0.2, -0.15) is 18.3 Å². The third-order valence-corrected chi connectivity index (χ3v) is 8.72. The van der Waals surface area contributed by atoms with Crippen LogP contribution in [-0.2, 0) is 6.54 Å². The van der Waals surface area contributed by atoms with Crippen molar-refractivity contribution in [1.29, 1.82) is 0 Å². The molecule has 0 radical (unpaired) electrons. The molecular weight excluding hydrogens is 638 g/mol. The molecule has 4 N–H and O–H groups in total. The van der Waals surface area contributed by atoms with Gasteiger partial charge in [0.25, 0.3) is 11.8 Å². The summed E-state index contributed by atoms with van der Waals surface area (Å²) in [6.07, 6.45) is -6.84. The van der Waals surface area contributed by atoms with Crippen LogP contribution < -0.4 is 15.8 Å². The highest BCUT2D eigenvalue weighted by Crippen LogP contribution is 2.41. The average Bonchev–Trinajstić information content (AvgIpc) is 3.51. The third-order valence-electron chi connectivity index (χ3n) is 8.72. The van der Waals surface area contributed by atoms with E-state index in [1.54, 1.807) is 6.07 Å². The number of nitrogens with zero attached hydrogens (tertiary/aromatic N) is 6. The molecule has 47 heavy (non-hydrogen) atoms. The van der Waals surface area contributed by atoms with Crippen molar-refractivity contribution in [2.45, 2.75) is 63.6 Å². The zero-order chi connectivity index (χ0) is 34.4. The molecule has 0 aliphatic carbocycles. The SMILES string of the molecule is COc1ncc(-c2cc(CN3CCC(F)(F)CC3)c3c(N)ncnn23)cc1C(=O)N[C@@H]1C(C(C(C)C)C(F)(F)F)N(C(=O)O)C[C@@H]1F. The lowest BCUT2D eigenvalue weighted by Gasteiger charge is -2.36. The number of halogens is 6. The molecule has 5 heterocycles. The largest absolute Gasteiger partial charge is 0.480 e. The maximum Gasteiger partial charge on any atom is 0.407 e. The number of methoxy groups -OCH3 is 1. The van der Waals surface area contributed by atoms with Gasteiger partial charge in [-0.1, -0.05) is 13.8 Å². The molecule has 0 aromatic carbocycles. The van der Waals surface area contributed by atoms with E-state index < -0.39 is 60.7 Å². The minimum Gasteiger partial charge on any atom is -0.480 e. The molecule has 2 aliphatic rings. The normalized spacial score (nSPS) is 22.5. The van der Waals surface area contributed by atoms with E-state index >= 15 is 4.39 Å². The van der Waals surface area contributed by atoms with E-state index in [1.165, 1.54) is 44.1 Å². The third kappa shape index (κ3) is 6.73. The maximum atomic E-state index is 15.3. The summed E-state index contributed by atoms with van der Waals surface area (Å²) in [6, 6.07) is -0.779. The van der Waals surface area contributed by atoms with E-state index in [0.29, 0.717) is 21.7 Å². The van der Waals surface area contributed by atoms with Crippen molar-refractivity contribution < 1.29 is 45.8 Å². The molecule has 2 unspecified atom stereocenters. The summed E-state index contributed by atoms with van der Waals surface area (Å²) in [5, 5.41) is 16.2. The van der Waals surface area contributed by atoms with Crippen LogP contribution in [0.15, 0.2) is 24.7 Å². The lowest BCUT2D eigenvalue weighted by atomic mass is 9.83. The first-order chi connectivity index (χ1) is 22.0. The highest BCUT2D eigenvalue weighted by Gasteiger charge is 2.57.